The average Bonchev–Trinajstić information content (AvgIpc) is 2.75. The van der Waals surface area contributed by atoms with Gasteiger partial charge in [0.05, 0.1) is 0 Å². The third kappa shape index (κ3) is 1.53. The number of carbonyl (C=O) groups excluding carboxylic acids is 1. The summed E-state index contributed by atoms with van der Waals surface area (Å²) in [6.45, 7) is 2.16. The van der Waals surface area contributed by atoms with E-state index >= 15 is 0 Å². The van der Waals surface area contributed by atoms with E-state index in [-0.39, 0.29) is 0 Å². The minimum Gasteiger partial charge on any atom is -0.367 e. The molecule has 5 heteroatoms. The molecule has 5 nitrogen and oxygen atoms in total. The van der Waals surface area contributed by atoms with Crippen molar-refractivity contribution >= 4 is 11.7 Å². The number of primary amides is 1. The summed E-state index contributed by atoms with van der Waals surface area (Å²) in [6, 6.07) is 5.81. The van der Waals surface area contributed by atoms with E-state index < -0.39 is 5.91 Å². The SMILES string of the molecule is NC(=O)c1cccc(NC2C3CNCC32)n1. The summed E-state index contributed by atoms with van der Waals surface area (Å²) < 4.78 is 0. The van der Waals surface area contributed by atoms with Gasteiger partial charge in [0.25, 0.3) is 5.91 Å². The molecule has 2 aliphatic rings. The molecule has 16 heavy (non-hydrogen) atoms. The molecule has 0 aromatic carbocycles. The Hall–Kier alpha value is -1.62. The first-order chi connectivity index (χ1) is 7.75. The molecule has 1 amide bonds. The molecule has 1 aromatic rings. The molecule has 0 bridgehead atoms. The van der Waals surface area contributed by atoms with Gasteiger partial charge < -0.3 is 16.4 Å². The molecule has 4 N–H and O–H groups in total. The van der Waals surface area contributed by atoms with E-state index in [1.165, 1.54) is 0 Å². The Bertz CT molecular complexity index is 424. The summed E-state index contributed by atoms with van der Waals surface area (Å²) in [5.41, 5.74) is 5.50. The van der Waals surface area contributed by atoms with Crippen LogP contribution in [0.1, 0.15) is 10.5 Å². The molecule has 2 unspecified atom stereocenters. The summed E-state index contributed by atoms with van der Waals surface area (Å²) in [5.74, 6) is 1.70. The topological polar surface area (TPSA) is 80.0 Å². The quantitative estimate of drug-likeness (QED) is 0.657. The number of amides is 1. The second-order valence-electron chi connectivity index (χ2n) is 4.43. The standard InChI is InChI=1S/C11H14N4O/c12-11(16)8-2-1-3-9(14-8)15-10-6-4-13-5-7(6)10/h1-3,6-7,10,13H,4-5H2,(H2,12,16)(H,14,15). The molecule has 0 spiro atoms. The van der Waals surface area contributed by atoms with Crippen LogP contribution in [0.3, 0.4) is 0 Å². The van der Waals surface area contributed by atoms with Crippen molar-refractivity contribution in [2.45, 2.75) is 6.04 Å². The first-order valence-corrected chi connectivity index (χ1v) is 5.50. The van der Waals surface area contributed by atoms with Crippen LogP contribution in [0.25, 0.3) is 0 Å². The highest BCUT2D eigenvalue weighted by molar-refractivity contribution is 5.91. The summed E-state index contributed by atoms with van der Waals surface area (Å²) in [4.78, 5) is 15.1. The van der Waals surface area contributed by atoms with Crippen LogP contribution in [-0.2, 0) is 0 Å². The van der Waals surface area contributed by atoms with Crippen molar-refractivity contribution in [1.29, 1.82) is 0 Å². The van der Waals surface area contributed by atoms with Crippen molar-refractivity contribution < 1.29 is 4.79 Å². The lowest BCUT2D eigenvalue weighted by Gasteiger charge is -2.08. The zero-order valence-electron chi connectivity index (χ0n) is 8.81. The first kappa shape index (κ1) is 9.59. The van der Waals surface area contributed by atoms with E-state index in [0.717, 1.165) is 30.7 Å². The summed E-state index contributed by atoms with van der Waals surface area (Å²) in [6.07, 6.45) is 0. The normalized spacial score (nSPS) is 30.9. The molecule has 84 valence electrons. The van der Waals surface area contributed by atoms with Gasteiger partial charge >= 0.3 is 0 Å². The fraction of sp³-hybridized carbons (Fsp3) is 0.455. The van der Waals surface area contributed by atoms with Gasteiger partial charge in [0.1, 0.15) is 11.5 Å². The van der Waals surface area contributed by atoms with E-state index in [9.17, 15) is 4.79 Å². The molecular formula is C11H14N4O. The highest BCUT2D eigenvalue weighted by atomic mass is 16.1. The Balaban J connectivity index is 1.71. The maximum absolute atomic E-state index is 11.0. The predicted molar refractivity (Wildman–Crippen MR) is 60.0 cm³/mol. The highest BCUT2D eigenvalue weighted by Crippen LogP contribution is 2.43. The van der Waals surface area contributed by atoms with Gasteiger partial charge in [0.15, 0.2) is 0 Å². The Morgan fingerprint density at radius 2 is 2.19 bits per heavy atom. The molecule has 1 saturated heterocycles. The van der Waals surface area contributed by atoms with Gasteiger partial charge in [-0.2, -0.15) is 0 Å². The summed E-state index contributed by atoms with van der Waals surface area (Å²) in [5, 5.41) is 6.69. The van der Waals surface area contributed by atoms with Crippen molar-refractivity contribution in [3.05, 3.63) is 23.9 Å². The number of aromatic nitrogens is 1. The third-order valence-corrected chi connectivity index (χ3v) is 3.41. The molecule has 1 saturated carbocycles. The Labute approximate surface area is 93.4 Å². The summed E-state index contributed by atoms with van der Waals surface area (Å²) in [7, 11) is 0. The first-order valence-electron chi connectivity index (χ1n) is 5.50. The number of fused-ring (bicyclic) bond motifs is 1. The number of carbonyl (C=O) groups is 1. The van der Waals surface area contributed by atoms with Gasteiger partial charge in [0, 0.05) is 19.1 Å². The van der Waals surface area contributed by atoms with Crippen LogP contribution < -0.4 is 16.4 Å². The lowest BCUT2D eigenvalue weighted by atomic mass is 10.3. The number of anilines is 1. The maximum atomic E-state index is 11.0. The molecule has 1 aliphatic heterocycles. The fourth-order valence-electron chi connectivity index (χ4n) is 2.46. The average molecular weight is 218 g/mol. The van der Waals surface area contributed by atoms with Gasteiger partial charge in [-0.15, -0.1) is 0 Å². The van der Waals surface area contributed by atoms with Gasteiger partial charge in [0.2, 0.25) is 0 Å². The molecule has 1 aromatic heterocycles. The number of rotatable bonds is 3. The van der Waals surface area contributed by atoms with E-state index in [2.05, 4.69) is 15.6 Å². The monoisotopic (exact) mass is 218 g/mol. The van der Waals surface area contributed by atoms with E-state index in [0.29, 0.717) is 11.7 Å². The number of hydrogen-bond acceptors (Lipinski definition) is 4. The smallest absolute Gasteiger partial charge is 0.267 e. The Kier molecular flexibility index (Phi) is 2.07. The van der Waals surface area contributed by atoms with Crippen LogP contribution in [0.2, 0.25) is 0 Å². The van der Waals surface area contributed by atoms with Gasteiger partial charge in [-0.1, -0.05) is 6.07 Å². The van der Waals surface area contributed by atoms with Gasteiger partial charge in [-0.3, -0.25) is 4.79 Å². The van der Waals surface area contributed by atoms with E-state index in [1.54, 1.807) is 12.1 Å². The number of piperidine rings is 1. The molecule has 0 radical (unpaired) electrons. The van der Waals surface area contributed by atoms with E-state index in [1.807, 2.05) is 6.07 Å². The molecule has 3 rings (SSSR count). The van der Waals surface area contributed by atoms with E-state index in [4.69, 9.17) is 5.73 Å². The van der Waals surface area contributed by atoms with Crippen molar-refractivity contribution in [3.8, 4) is 0 Å². The lowest BCUT2D eigenvalue weighted by Crippen LogP contribution is -2.22. The van der Waals surface area contributed by atoms with Crippen LogP contribution in [0, 0.1) is 11.8 Å². The number of nitrogens with one attached hydrogen (secondary N) is 2. The minimum atomic E-state index is -0.485. The van der Waals surface area contributed by atoms with Crippen molar-refractivity contribution in [1.82, 2.24) is 10.3 Å². The van der Waals surface area contributed by atoms with Crippen LogP contribution in [-0.4, -0.2) is 30.0 Å². The molecular weight excluding hydrogens is 204 g/mol. The molecule has 2 heterocycles. The van der Waals surface area contributed by atoms with Crippen molar-refractivity contribution in [2.24, 2.45) is 17.6 Å². The number of pyridine rings is 1. The number of nitrogens with zero attached hydrogens (tertiary/aromatic N) is 1. The van der Waals surface area contributed by atoms with Crippen molar-refractivity contribution in [2.75, 3.05) is 18.4 Å². The predicted octanol–water partition coefficient (Wildman–Crippen LogP) is -0.190. The minimum absolute atomic E-state index is 0.314. The van der Waals surface area contributed by atoms with Gasteiger partial charge in [-0.25, -0.2) is 4.98 Å². The fourth-order valence-corrected chi connectivity index (χ4v) is 2.46. The van der Waals surface area contributed by atoms with Crippen molar-refractivity contribution in [3.63, 3.8) is 0 Å². The Morgan fingerprint density at radius 3 is 2.88 bits per heavy atom. The second kappa shape index (κ2) is 3.45. The molecule has 1 aliphatic carbocycles. The number of nitrogens with two attached hydrogens (primary N) is 1. The number of hydrogen-bond donors (Lipinski definition) is 3. The van der Waals surface area contributed by atoms with Crippen LogP contribution in [0.15, 0.2) is 18.2 Å². The largest absolute Gasteiger partial charge is 0.367 e. The molecule has 2 fully saturated rings. The maximum Gasteiger partial charge on any atom is 0.267 e. The highest BCUT2D eigenvalue weighted by Gasteiger charge is 2.53. The lowest BCUT2D eigenvalue weighted by molar-refractivity contribution is 0.0995. The van der Waals surface area contributed by atoms with Crippen LogP contribution >= 0.6 is 0 Å². The molecule has 2 atom stereocenters. The van der Waals surface area contributed by atoms with Crippen LogP contribution in [0.4, 0.5) is 5.82 Å². The van der Waals surface area contributed by atoms with Gasteiger partial charge in [-0.05, 0) is 24.0 Å². The third-order valence-electron chi connectivity index (χ3n) is 3.41. The second-order valence-corrected chi connectivity index (χ2v) is 4.43. The van der Waals surface area contributed by atoms with Crippen LogP contribution in [0.5, 0.6) is 0 Å². The summed E-state index contributed by atoms with van der Waals surface area (Å²) >= 11 is 0. The zero-order valence-corrected chi connectivity index (χ0v) is 8.81. The Morgan fingerprint density at radius 1 is 1.44 bits per heavy atom. The zero-order chi connectivity index (χ0) is 11.1.